The molecule has 0 spiro atoms. The second-order valence-corrected chi connectivity index (χ2v) is 15.7. The Bertz CT molecular complexity index is 1850. The number of nitrogens with zero attached hydrogens (tertiary/aromatic N) is 2. The van der Waals surface area contributed by atoms with Gasteiger partial charge in [-0.1, -0.05) is 37.5 Å². The summed E-state index contributed by atoms with van der Waals surface area (Å²) in [4.78, 5) is 74.4. The zero-order valence-electron chi connectivity index (χ0n) is 31.8. The van der Waals surface area contributed by atoms with Crippen molar-refractivity contribution in [1.29, 1.82) is 0 Å². The van der Waals surface area contributed by atoms with Gasteiger partial charge in [-0.05, 0) is 69.5 Å². The minimum atomic E-state index is -1.53. The van der Waals surface area contributed by atoms with Gasteiger partial charge in [-0.25, -0.2) is 14.6 Å². The second-order valence-electron chi connectivity index (χ2n) is 15.7. The van der Waals surface area contributed by atoms with Crippen LogP contribution >= 0.6 is 0 Å². The van der Waals surface area contributed by atoms with E-state index in [2.05, 4.69) is 27.5 Å². The summed E-state index contributed by atoms with van der Waals surface area (Å²) in [6.07, 6.45) is 9.29. The molecule has 2 aliphatic heterocycles. The van der Waals surface area contributed by atoms with Crippen molar-refractivity contribution in [3.63, 3.8) is 0 Å². The number of carboxylic acid groups (broad SMARTS) is 1. The molecular weight excluding hydrogens is 710 g/mol. The normalized spacial score (nSPS) is 28.2. The molecule has 2 saturated carbocycles. The second kappa shape index (κ2) is 16.3. The maximum atomic E-state index is 14.9. The first-order valence-corrected chi connectivity index (χ1v) is 18.9. The number of methoxy groups -OCH3 is 1. The van der Waals surface area contributed by atoms with Gasteiger partial charge in [-0.15, -0.1) is 6.58 Å². The number of carbonyl (C=O) groups is 5. The van der Waals surface area contributed by atoms with Crippen LogP contribution in [0.3, 0.4) is 0 Å². The summed E-state index contributed by atoms with van der Waals surface area (Å²) in [5, 5.41) is 19.8. The van der Waals surface area contributed by atoms with Crippen molar-refractivity contribution in [2.75, 3.05) is 26.9 Å². The maximum absolute atomic E-state index is 14.9. The summed E-state index contributed by atoms with van der Waals surface area (Å²) < 4.78 is 23.5. The monoisotopic (exact) mass is 761 g/mol. The molecule has 15 nitrogen and oxygen atoms in total. The molecule has 15 heteroatoms. The van der Waals surface area contributed by atoms with Gasteiger partial charge in [0.1, 0.15) is 41.1 Å². The molecule has 4 amide bonds. The van der Waals surface area contributed by atoms with E-state index >= 15 is 0 Å². The summed E-state index contributed by atoms with van der Waals surface area (Å²) in [6.45, 7) is 8.62. The van der Waals surface area contributed by atoms with Crippen molar-refractivity contribution in [3.05, 3.63) is 48.7 Å². The van der Waals surface area contributed by atoms with Gasteiger partial charge in [0.2, 0.25) is 23.6 Å². The number of aliphatic carboxylic acids is 1. The molecule has 0 unspecified atom stereocenters. The third-order valence-electron chi connectivity index (χ3n) is 10.7. The molecule has 4 aliphatic rings. The highest BCUT2D eigenvalue weighted by atomic mass is 16.6. The van der Waals surface area contributed by atoms with Crippen molar-refractivity contribution in [1.82, 2.24) is 25.8 Å². The summed E-state index contributed by atoms with van der Waals surface area (Å²) in [7, 11) is 1.56. The molecule has 6 atom stereocenters. The first-order valence-electron chi connectivity index (χ1n) is 18.9. The van der Waals surface area contributed by atoms with Crippen LogP contribution in [0, 0.1) is 11.8 Å². The lowest BCUT2D eigenvalue weighted by atomic mass is 9.83. The number of amides is 4. The summed E-state index contributed by atoms with van der Waals surface area (Å²) in [5.74, 6) is -2.88. The average molecular weight is 762 g/mol. The van der Waals surface area contributed by atoms with Crippen molar-refractivity contribution in [3.8, 4) is 11.6 Å². The lowest BCUT2D eigenvalue weighted by Crippen LogP contribution is -2.60. The number of carboxylic acids is 1. The van der Waals surface area contributed by atoms with Crippen LogP contribution < -0.4 is 25.4 Å². The predicted octanol–water partition coefficient (Wildman–Crippen LogP) is 3.74. The van der Waals surface area contributed by atoms with Crippen molar-refractivity contribution in [2.45, 2.75) is 101 Å². The Hall–Kier alpha value is -5.18. The van der Waals surface area contributed by atoms with Gasteiger partial charge in [0, 0.05) is 29.5 Å². The van der Waals surface area contributed by atoms with Gasteiger partial charge in [0.15, 0.2) is 0 Å². The smallest absolute Gasteiger partial charge is 0.408 e. The van der Waals surface area contributed by atoms with E-state index in [0.29, 0.717) is 29.5 Å². The van der Waals surface area contributed by atoms with Gasteiger partial charge in [-0.3, -0.25) is 14.4 Å². The number of nitrogens with one attached hydrogen (secondary N) is 3. The highest BCUT2D eigenvalue weighted by Crippen LogP contribution is 2.45. The highest BCUT2D eigenvalue weighted by Gasteiger charge is 2.61. The van der Waals surface area contributed by atoms with E-state index in [4.69, 9.17) is 18.9 Å². The van der Waals surface area contributed by atoms with E-state index in [1.165, 1.54) is 11.0 Å². The summed E-state index contributed by atoms with van der Waals surface area (Å²) in [5.41, 5.74) is -1.69. The topological polar surface area (TPSA) is 195 Å². The Kier molecular flexibility index (Phi) is 11.7. The number of fused-ring (bicyclic) bond motifs is 3. The van der Waals surface area contributed by atoms with Gasteiger partial charge in [0.25, 0.3) is 0 Å². The molecule has 1 saturated heterocycles. The number of hydrogen-bond donors (Lipinski definition) is 4. The van der Waals surface area contributed by atoms with Crippen LogP contribution in [0.15, 0.2) is 43.1 Å². The molecule has 2 aliphatic carbocycles. The maximum Gasteiger partial charge on any atom is 0.408 e. The molecule has 296 valence electrons. The first-order chi connectivity index (χ1) is 26.2. The van der Waals surface area contributed by atoms with Crippen LogP contribution in [-0.4, -0.2) is 107 Å². The zero-order chi connectivity index (χ0) is 39.5. The van der Waals surface area contributed by atoms with Crippen molar-refractivity contribution >= 4 is 46.6 Å². The minimum absolute atomic E-state index is 0.0367. The van der Waals surface area contributed by atoms with Crippen LogP contribution in [0.25, 0.3) is 16.8 Å². The van der Waals surface area contributed by atoms with Gasteiger partial charge in [-0.2, -0.15) is 0 Å². The fourth-order valence-electron chi connectivity index (χ4n) is 7.79. The number of benzene rings is 1. The largest absolute Gasteiger partial charge is 0.496 e. The average Bonchev–Trinajstić information content (AvgIpc) is 3.71. The summed E-state index contributed by atoms with van der Waals surface area (Å²) in [6, 6.07) is 2.10. The van der Waals surface area contributed by atoms with Gasteiger partial charge >= 0.3 is 12.1 Å². The van der Waals surface area contributed by atoms with E-state index in [9.17, 15) is 29.1 Å². The van der Waals surface area contributed by atoms with Crippen molar-refractivity contribution in [2.24, 2.45) is 11.8 Å². The SMILES string of the molecule is C=C[C@@H]1C[C@]1(NC(=O)[C@@H]1C[C@@H]2CN1C(=O)[C@H](C1CCCCC1)NC(=O)[C@@H](NC(=O)OC(C)(C)C)COC/C=C\c1cc3c(nccc3cc1OC)O2)C(=O)O. The molecule has 1 aromatic heterocycles. The molecule has 55 heavy (non-hydrogen) atoms. The van der Waals surface area contributed by atoms with E-state index < -0.39 is 71.1 Å². The third-order valence-corrected chi connectivity index (χ3v) is 10.7. The number of ether oxygens (including phenoxy) is 4. The molecule has 3 fully saturated rings. The van der Waals surface area contributed by atoms with Crippen LogP contribution in [0.4, 0.5) is 4.79 Å². The van der Waals surface area contributed by atoms with Gasteiger partial charge in [0.05, 0.1) is 26.9 Å². The first kappa shape index (κ1) is 39.5. The quantitative estimate of drug-likeness (QED) is 0.300. The number of carbonyl (C=O) groups excluding carboxylic acids is 4. The van der Waals surface area contributed by atoms with E-state index in [-0.39, 0.29) is 44.4 Å². The van der Waals surface area contributed by atoms with Crippen LogP contribution in [0.2, 0.25) is 0 Å². The van der Waals surface area contributed by atoms with Gasteiger partial charge < -0.3 is 44.9 Å². The molecular formula is C40H51N5O10. The Morgan fingerprint density at radius 3 is 2.60 bits per heavy atom. The minimum Gasteiger partial charge on any atom is -0.496 e. The molecule has 0 radical (unpaired) electrons. The van der Waals surface area contributed by atoms with E-state index in [1.54, 1.807) is 46.2 Å². The number of alkyl carbamates (subject to hydrolysis) is 1. The number of aromatic nitrogens is 1. The molecule has 6 rings (SSSR count). The highest BCUT2D eigenvalue weighted by molar-refractivity contribution is 5.97. The standard InChI is InChI=1S/C40H51N5O10/c1-6-26-20-40(26,37(49)50)44-34(47)30-19-27-21-45(30)36(48)32(23-11-8-7-9-12-23)43-33(46)29(42-38(51)55-39(2,3)4)22-53-16-10-13-25-17-28-24(18-31(25)52-5)14-15-41-35(28)54-27/h6,10,13-15,17-18,23,26-27,29-30,32H,1,7-9,11-12,16,19-22H2,2-5H3,(H,42,51)(H,43,46)(H,44,47)(H,49,50)/b13-10-/t26-,27-,29+,30+,32+,40-/m1/s1. The fraction of sp³-hybridized carbons (Fsp3) is 0.550. The Morgan fingerprint density at radius 2 is 1.93 bits per heavy atom. The lowest BCUT2D eigenvalue weighted by Gasteiger charge is -2.35. The summed E-state index contributed by atoms with van der Waals surface area (Å²) >= 11 is 0. The third kappa shape index (κ3) is 8.87. The Labute approximate surface area is 320 Å². The number of hydrogen-bond acceptors (Lipinski definition) is 10. The van der Waals surface area contributed by atoms with Crippen molar-refractivity contribution < 1.29 is 48.0 Å². The molecule has 4 bridgehead atoms. The fourth-order valence-corrected chi connectivity index (χ4v) is 7.79. The predicted molar refractivity (Wildman–Crippen MR) is 201 cm³/mol. The molecule has 3 heterocycles. The van der Waals surface area contributed by atoms with Crippen LogP contribution in [0.5, 0.6) is 11.6 Å². The van der Waals surface area contributed by atoms with E-state index in [1.807, 2.05) is 18.2 Å². The van der Waals surface area contributed by atoms with Crippen LogP contribution in [0.1, 0.15) is 71.3 Å². The number of pyridine rings is 1. The van der Waals surface area contributed by atoms with E-state index in [0.717, 1.165) is 24.6 Å². The number of rotatable bonds is 7. The zero-order valence-corrected chi connectivity index (χ0v) is 31.8. The molecule has 4 N–H and O–H groups in total. The lowest BCUT2D eigenvalue weighted by molar-refractivity contribution is -0.146. The Balaban J connectivity index is 1.40. The Morgan fingerprint density at radius 1 is 1.16 bits per heavy atom. The molecule has 2 aromatic rings. The van der Waals surface area contributed by atoms with Crippen LogP contribution in [-0.2, 0) is 28.7 Å². The molecule has 1 aromatic carbocycles.